The van der Waals surface area contributed by atoms with Crippen molar-refractivity contribution in [2.75, 3.05) is 6.79 Å². The molecule has 0 fully saturated rings. The fourth-order valence-electron chi connectivity index (χ4n) is 1.71. The van der Waals surface area contributed by atoms with Gasteiger partial charge in [0.15, 0.2) is 11.5 Å². The molecule has 1 aliphatic rings. The summed E-state index contributed by atoms with van der Waals surface area (Å²) in [4.78, 5) is 14.7. The highest BCUT2D eigenvalue weighted by Crippen LogP contribution is 2.36. The van der Waals surface area contributed by atoms with Gasteiger partial charge in [0.25, 0.3) is 0 Å². The maximum absolute atomic E-state index is 13.0. The molecule has 7 heteroatoms. The van der Waals surface area contributed by atoms with Crippen LogP contribution in [0.5, 0.6) is 23.1 Å². The Balaban J connectivity index is 1.93. The minimum absolute atomic E-state index is 0.119. The first-order chi connectivity index (χ1) is 9.63. The molecule has 1 aliphatic heterocycles. The third-order valence-electron chi connectivity index (χ3n) is 2.61. The lowest BCUT2D eigenvalue weighted by atomic mass is 10.2. The van der Waals surface area contributed by atoms with Crippen LogP contribution in [0.15, 0.2) is 30.5 Å². The van der Waals surface area contributed by atoms with Gasteiger partial charge < -0.3 is 19.3 Å². The molecule has 0 atom stereocenters. The number of benzene rings is 1. The molecule has 3 rings (SSSR count). The lowest BCUT2D eigenvalue weighted by Gasteiger charge is -2.08. The Morgan fingerprint density at radius 3 is 2.90 bits per heavy atom. The van der Waals surface area contributed by atoms with E-state index in [1.54, 1.807) is 18.2 Å². The Morgan fingerprint density at radius 1 is 1.30 bits per heavy atom. The molecule has 0 unspecified atom stereocenters. The molecule has 20 heavy (non-hydrogen) atoms. The highest BCUT2D eigenvalue weighted by Gasteiger charge is 2.18. The van der Waals surface area contributed by atoms with Crippen molar-refractivity contribution in [2.45, 2.75) is 0 Å². The number of hydrogen-bond acceptors (Lipinski definition) is 5. The summed E-state index contributed by atoms with van der Waals surface area (Å²) in [5.41, 5.74) is -0.359. The Labute approximate surface area is 112 Å². The summed E-state index contributed by atoms with van der Waals surface area (Å²) in [6.07, 6.45) is 0.884. The van der Waals surface area contributed by atoms with Crippen molar-refractivity contribution in [3.8, 4) is 23.1 Å². The minimum atomic E-state index is -1.33. The van der Waals surface area contributed by atoms with E-state index in [0.717, 1.165) is 12.3 Å². The van der Waals surface area contributed by atoms with E-state index in [9.17, 15) is 9.18 Å². The summed E-state index contributed by atoms with van der Waals surface area (Å²) >= 11 is 0. The molecule has 0 radical (unpaired) electrons. The zero-order valence-electron chi connectivity index (χ0n) is 10.00. The maximum Gasteiger partial charge on any atom is 0.341 e. The number of rotatable bonds is 3. The van der Waals surface area contributed by atoms with Gasteiger partial charge in [0.2, 0.25) is 12.7 Å². The lowest BCUT2D eigenvalue weighted by molar-refractivity contribution is 0.0692. The van der Waals surface area contributed by atoms with E-state index in [4.69, 9.17) is 19.3 Å². The van der Waals surface area contributed by atoms with Gasteiger partial charge in [0.1, 0.15) is 17.1 Å². The van der Waals surface area contributed by atoms with Gasteiger partial charge in [-0.15, -0.1) is 0 Å². The number of aromatic carboxylic acids is 1. The van der Waals surface area contributed by atoms with E-state index in [0.29, 0.717) is 17.2 Å². The van der Waals surface area contributed by atoms with Gasteiger partial charge in [0, 0.05) is 6.07 Å². The lowest BCUT2D eigenvalue weighted by Crippen LogP contribution is -2.03. The number of nitrogens with zero attached hydrogens (tertiary/aromatic N) is 1. The number of pyridine rings is 1. The smallest absolute Gasteiger partial charge is 0.341 e. The van der Waals surface area contributed by atoms with Crippen LogP contribution in [-0.4, -0.2) is 22.9 Å². The Morgan fingerprint density at radius 2 is 2.10 bits per heavy atom. The first-order valence-corrected chi connectivity index (χ1v) is 5.60. The third kappa shape index (κ3) is 2.20. The van der Waals surface area contributed by atoms with Crippen LogP contribution in [0, 0.1) is 5.82 Å². The fraction of sp³-hybridized carbons (Fsp3) is 0.0769. The van der Waals surface area contributed by atoms with Crippen LogP contribution in [0.2, 0.25) is 0 Å². The number of carboxylic acids is 1. The van der Waals surface area contributed by atoms with Crippen LogP contribution in [0.4, 0.5) is 4.39 Å². The van der Waals surface area contributed by atoms with E-state index in [1.165, 1.54) is 0 Å². The van der Waals surface area contributed by atoms with Gasteiger partial charge in [-0.3, -0.25) is 0 Å². The number of halogens is 1. The van der Waals surface area contributed by atoms with Gasteiger partial charge in [-0.1, -0.05) is 0 Å². The summed E-state index contributed by atoms with van der Waals surface area (Å²) in [5.74, 6) is -0.897. The summed E-state index contributed by atoms with van der Waals surface area (Å²) in [6.45, 7) is 0.119. The second-order valence-electron chi connectivity index (χ2n) is 3.93. The fourth-order valence-corrected chi connectivity index (χ4v) is 1.71. The van der Waals surface area contributed by atoms with Crippen molar-refractivity contribution in [1.82, 2.24) is 4.98 Å². The van der Waals surface area contributed by atoms with Crippen molar-refractivity contribution >= 4 is 5.97 Å². The first-order valence-electron chi connectivity index (χ1n) is 5.60. The average Bonchev–Trinajstić information content (AvgIpc) is 2.88. The van der Waals surface area contributed by atoms with E-state index < -0.39 is 11.8 Å². The van der Waals surface area contributed by atoms with Crippen LogP contribution in [0.3, 0.4) is 0 Å². The molecule has 0 aliphatic carbocycles. The summed E-state index contributed by atoms with van der Waals surface area (Å²) in [6, 6.07) is 5.59. The van der Waals surface area contributed by atoms with Crippen molar-refractivity contribution in [2.24, 2.45) is 0 Å². The monoisotopic (exact) mass is 277 g/mol. The SMILES string of the molecule is O=C(O)c1cc(F)cnc1Oc1ccc2c(c1)OCO2. The topological polar surface area (TPSA) is 77.9 Å². The van der Waals surface area contributed by atoms with Crippen molar-refractivity contribution in [3.63, 3.8) is 0 Å². The summed E-state index contributed by atoms with van der Waals surface area (Å²) < 4.78 is 28.7. The molecule has 0 spiro atoms. The molecular formula is C13H8FNO5. The highest BCUT2D eigenvalue weighted by molar-refractivity contribution is 5.90. The molecule has 0 bridgehead atoms. The van der Waals surface area contributed by atoms with Gasteiger partial charge >= 0.3 is 5.97 Å². The first kappa shape index (κ1) is 12.2. The predicted octanol–water partition coefficient (Wildman–Crippen LogP) is 2.44. The molecule has 2 heterocycles. The summed E-state index contributed by atoms with van der Waals surface area (Å²) in [5, 5.41) is 8.99. The van der Waals surface area contributed by atoms with E-state index in [-0.39, 0.29) is 18.2 Å². The molecule has 0 saturated heterocycles. The molecule has 1 aromatic carbocycles. The molecular weight excluding hydrogens is 269 g/mol. The van der Waals surface area contributed by atoms with Crippen LogP contribution < -0.4 is 14.2 Å². The molecule has 6 nitrogen and oxygen atoms in total. The van der Waals surface area contributed by atoms with E-state index in [2.05, 4.69) is 4.98 Å². The van der Waals surface area contributed by atoms with Gasteiger partial charge in [-0.05, 0) is 18.2 Å². The quantitative estimate of drug-likeness (QED) is 0.928. The largest absolute Gasteiger partial charge is 0.477 e. The summed E-state index contributed by atoms with van der Waals surface area (Å²) in [7, 11) is 0. The standard InChI is InChI=1S/C13H8FNO5/c14-7-3-9(13(16)17)12(15-5-7)20-8-1-2-10-11(4-8)19-6-18-10/h1-5H,6H2,(H,16,17). The third-order valence-corrected chi connectivity index (χ3v) is 2.61. The zero-order chi connectivity index (χ0) is 14.1. The normalized spacial score (nSPS) is 12.2. The number of carboxylic acid groups (broad SMARTS) is 1. The Hall–Kier alpha value is -2.83. The van der Waals surface area contributed by atoms with Gasteiger partial charge in [0.05, 0.1) is 6.20 Å². The second-order valence-corrected chi connectivity index (χ2v) is 3.93. The number of aromatic nitrogens is 1. The Kier molecular flexibility index (Phi) is 2.86. The number of carbonyl (C=O) groups is 1. The van der Waals surface area contributed by atoms with E-state index in [1.807, 2.05) is 0 Å². The average molecular weight is 277 g/mol. The molecule has 0 amide bonds. The van der Waals surface area contributed by atoms with Gasteiger partial charge in [-0.25, -0.2) is 14.2 Å². The maximum atomic E-state index is 13.0. The zero-order valence-corrected chi connectivity index (χ0v) is 10.00. The van der Waals surface area contributed by atoms with Crippen molar-refractivity contribution in [1.29, 1.82) is 0 Å². The molecule has 0 saturated carbocycles. The van der Waals surface area contributed by atoms with Crippen molar-refractivity contribution < 1.29 is 28.5 Å². The minimum Gasteiger partial charge on any atom is -0.477 e. The number of hydrogen-bond donors (Lipinski definition) is 1. The van der Waals surface area contributed by atoms with E-state index >= 15 is 0 Å². The highest BCUT2D eigenvalue weighted by atomic mass is 19.1. The number of ether oxygens (including phenoxy) is 3. The van der Waals surface area contributed by atoms with Crippen LogP contribution in [-0.2, 0) is 0 Å². The van der Waals surface area contributed by atoms with Crippen LogP contribution in [0.25, 0.3) is 0 Å². The van der Waals surface area contributed by atoms with Crippen molar-refractivity contribution in [3.05, 3.63) is 41.8 Å². The molecule has 1 N–H and O–H groups in total. The van der Waals surface area contributed by atoms with Crippen LogP contribution >= 0.6 is 0 Å². The molecule has 2 aromatic rings. The number of fused-ring (bicyclic) bond motifs is 1. The molecule has 1 aromatic heterocycles. The van der Waals surface area contributed by atoms with Crippen LogP contribution in [0.1, 0.15) is 10.4 Å². The second kappa shape index (κ2) is 4.69. The van der Waals surface area contributed by atoms with Gasteiger partial charge in [-0.2, -0.15) is 0 Å². The predicted molar refractivity (Wildman–Crippen MR) is 63.8 cm³/mol. The Bertz CT molecular complexity index is 688. The molecule has 102 valence electrons.